The molecule has 0 aromatic heterocycles. The molecule has 2 heterocycles. The molecular formula is C22H22F2N2O2. The number of benzene rings is 2. The van der Waals surface area contributed by atoms with Gasteiger partial charge in [0.1, 0.15) is 17.4 Å². The smallest absolute Gasteiger partial charge is 0.257 e. The van der Waals surface area contributed by atoms with Crippen molar-refractivity contribution < 1.29 is 18.3 Å². The van der Waals surface area contributed by atoms with Crippen molar-refractivity contribution in [3.63, 3.8) is 0 Å². The molecule has 0 radical (unpaired) electrons. The number of ether oxygens (including phenoxy) is 1. The molecule has 0 aliphatic carbocycles. The minimum Gasteiger partial charge on any atom is -0.470 e. The van der Waals surface area contributed by atoms with Gasteiger partial charge in [0, 0.05) is 25.6 Å². The fraction of sp³-hybridized carbons (Fsp3) is 0.318. The lowest BCUT2D eigenvalue weighted by molar-refractivity contribution is 0.0727. The molecule has 4 rings (SSSR count). The summed E-state index contributed by atoms with van der Waals surface area (Å²) in [4.78, 5) is 14.4. The summed E-state index contributed by atoms with van der Waals surface area (Å²) in [5.74, 6) is -0.553. The molecule has 1 unspecified atom stereocenters. The SMILES string of the molecule is O=C1NC(CCCN2CC=C(c3ccc(F)cc3)CC2)Oc2cc(F)ccc21. The monoisotopic (exact) mass is 384 g/mol. The Labute approximate surface area is 162 Å². The van der Waals surface area contributed by atoms with E-state index < -0.39 is 12.0 Å². The molecule has 1 atom stereocenters. The highest BCUT2D eigenvalue weighted by atomic mass is 19.1. The normalized spacial score (nSPS) is 19.4. The Morgan fingerprint density at radius 3 is 2.64 bits per heavy atom. The van der Waals surface area contributed by atoms with E-state index in [0.29, 0.717) is 17.7 Å². The summed E-state index contributed by atoms with van der Waals surface area (Å²) in [5, 5.41) is 2.82. The molecule has 2 aromatic carbocycles. The molecule has 0 bridgehead atoms. The summed E-state index contributed by atoms with van der Waals surface area (Å²) in [7, 11) is 0. The Balaban J connectivity index is 1.26. The third-order valence-electron chi connectivity index (χ3n) is 5.20. The molecule has 0 saturated heterocycles. The predicted molar refractivity (Wildman–Crippen MR) is 103 cm³/mol. The summed E-state index contributed by atoms with van der Waals surface area (Å²) in [6.45, 7) is 2.67. The number of carbonyl (C=O) groups is 1. The van der Waals surface area contributed by atoms with Crippen molar-refractivity contribution in [3.8, 4) is 5.75 Å². The van der Waals surface area contributed by atoms with Gasteiger partial charge in [-0.3, -0.25) is 9.69 Å². The molecule has 0 fully saturated rings. The molecule has 6 heteroatoms. The molecule has 2 aromatic rings. The number of nitrogens with one attached hydrogen (secondary N) is 1. The van der Waals surface area contributed by atoms with Crippen molar-refractivity contribution >= 4 is 11.5 Å². The molecular weight excluding hydrogens is 362 g/mol. The molecule has 146 valence electrons. The Morgan fingerprint density at radius 1 is 1.11 bits per heavy atom. The van der Waals surface area contributed by atoms with Crippen LogP contribution in [0.25, 0.3) is 5.57 Å². The van der Waals surface area contributed by atoms with Gasteiger partial charge in [0.05, 0.1) is 5.56 Å². The first-order valence-electron chi connectivity index (χ1n) is 9.53. The lowest BCUT2D eigenvalue weighted by Crippen LogP contribution is -2.43. The van der Waals surface area contributed by atoms with Crippen LogP contribution in [-0.2, 0) is 0 Å². The Bertz CT molecular complexity index is 896. The highest BCUT2D eigenvalue weighted by Crippen LogP contribution is 2.26. The second-order valence-electron chi connectivity index (χ2n) is 7.15. The first kappa shape index (κ1) is 18.6. The molecule has 0 saturated carbocycles. The van der Waals surface area contributed by atoms with Crippen LogP contribution in [-0.4, -0.2) is 36.7 Å². The van der Waals surface area contributed by atoms with Gasteiger partial charge in [-0.15, -0.1) is 0 Å². The average Bonchev–Trinajstić information content (AvgIpc) is 2.69. The van der Waals surface area contributed by atoms with Crippen LogP contribution in [0.2, 0.25) is 0 Å². The van der Waals surface area contributed by atoms with E-state index in [4.69, 9.17) is 4.74 Å². The Kier molecular flexibility index (Phi) is 5.39. The van der Waals surface area contributed by atoms with E-state index in [9.17, 15) is 13.6 Å². The number of carbonyl (C=O) groups excluding carboxylic acids is 1. The minimum absolute atomic E-state index is 0.218. The van der Waals surface area contributed by atoms with Crippen molar-refractivity contribution in [2.45, 2.75) is 25.5 Å². The fourth-order valence-electron chi connectivity index (χ4n) is 3.66. The number of nitrogens with zero attached hydrogens (tertiary/aromatic N) is 1. The summed E-state index contributed by atoms with van der Waals surface area (Å²) in [5.41, 5.74) is 2.69. The maximum absolute atomic E-state index is 13.4. The van der Waals surface area contributed by atoms with E-state index in [-0.39, 0.29) is 11.7 Å². The van der Waals surface area contributed by atoms with Gasteiger partial charge in [-0.05, 0) is 54.8 Å². The molecule has 1 amide bonds. The number of hydrogen-bond donors (Lipinski definition) is 1. The minimum atomic E-state index is -0.433. The van der Waals surface area contributed by atoms with Crippen LogP contribution in [0.1, 0.15) is 35.2 Å². The van der Waals surface area contributed by atoms with Crippen LogP contribution >= 0.6 is 0 Å². The first-order chi connectivity index (χ1) is 13.6. The summed E-state index contributed by atoms with van der Waals surface area (Å²) in [6.07, 6.45) is 4.20. The zero-order chi connectivity index (χ0) is 19.5. The third-order valence-corrected chi connectivity index (χ3v) is 5.20. The molecule has 2 aliphatic heterocycles. The topological polar surface area (TPSA) is 41.6 Å². The van der Waals surface area contributed by atoms with Gasteiger partial charge in [0.2, 0.25) is 0 Å². The van der Waals surface area contributed by atoms with Gasteiger partial charge >= 0.3 is 0 Å². The van der Waals surface area contributed by atoms with Gasteiger partial charge in [0.25, 0.3) is 5.91 Å². The van der Waals surface area contributed by atoms with Gasteiger partial charge < -0.3 is 10.1 Å². The van der Waals surface area contributed by atoms with Gasteiger partial charge in [0.15, 0.2) is 6.23 Å². The van der Waals surface area contributed by atoms with Crippen LogP contribution in [0.3, 0.4) is 0 Å². The number of hydrogen-bond acceptors (Lipinski definition) is 3. The number of rotatable bonds is 5. The zero-order valence-electron chi connectivity index (χ0n) is 15.5. The predicted octanol–water partition coefficient (Wildman–Crippen LogP) is 3.98. The lowest BCUT2D eigenvalue weighted by Gasteiger charge is -2.29. The van der Waals surface area contributed by atoms with Crippen LogP contribution in [0.5, 0.6) is 5.75 Å². The van der Waals surface area contributed by atoms with Gasteiger partial charge in [-0.25, -0.2) is 8.78 Å². The fourth-order valence-corrected chi connectivity index (χ4v) is 3.66. The van der Waals surface area contributed by atoms with E-state index >= 15 is 0 Å². The summed E-state index contributed by atoms with van der Waals surface area (Å²) < 4.78 is 32.2. The van der Waals surface area contributed by atoms with E-state index in [2.05, 4.69) is 16.3 Å². The van der Waals surface area contributed by atoms with E-state index in [1.165, 1.54) is 35.9 Å². The maximum Gasteiger partial charge on any atom is 0.257 e. The maximum atomic E-state index is 13.4. The molecule has 28 heavy (non-hydrogen) atoms. The number of fused-ring (bicyclic) bond motifs is 1. The van der Waals surface area contributed by atoms with Crippen molar-refractivity contribution in [1.82, 2.24) is 10.2 Å². The standard InChI is InChI=1S/C22H22F2N2O2/c23-17-5-3-15(4-6-17)16-9-12-26(13-10-16)11-1-2-21-25-22(27)19-8-7-18(24)14-20(19)28-21/h3-9,14,21H,1-2,10-13H2,(H,25,27). The lowest BCUT2D eigenvalue weighted by atomic mass is 9.99. The summed E-state index contributed by atoms with van der Waals surface area (Å²) in [6, 6.07) is 10.6. The van der Waals surface area contributed by atoms with Crippen LogP contribution in [0.15, 0.2) is 48.5 Å². The van der Waals surface area contributed by atoms with Gasteiger partial charge in [-0.2, -0.15) is 0 Å². The van der Waals surface area contributed by atoms with Crippen molar-refractivity contribution in [2.75, 3.05) is 19.6 Å². The van der Waals surface area contributed by atoms with Crippen LogP contribution in [0.4, 0.5) is 8.78 Å². The highest BCUT2D eigenvalue weighted by molar-refractivity contribution is 5.97. The Hall–Kier alpha value is -2.73. The third kappa shape index (κ3) is 4.22. The average molecular weight is 384 g/mol. The van der Waals surface area contributed by atoms with E-state index in [1.807, 2.05) is 12.1 Å². The van der Waals surface area contributed by atoms with Crippen molar-refractivity contribution in [2.24, 2.45) is 0 Å². The second-order valence-corrected chi connectivity index (χ2v) is 7.15. The van der Waals surface area contributed by atoms with E-state index in [1.54, 1.807) is 0 Å². The van der Waals surface area contributed by atoms with E-state index in [0.717, 1.165) is 38.0 Å². The number of halogens is 2. The Morgan fingerprint density at radius 2 is 1.89 bits per heavy atom. The number of amides is 1. The second kappa shape index (κ2) is 8.10. The quantitative estimate of drug-likeness (QED) is 0.848. The van der Waals surface area contributed by atoms with Crippen molar-refractivity contribution in [3.05, 3.63) is 71.3 Å². The molecule has 0 spiro atoms. The van der Waals surface area contributed by atoms with Gasteiger partial charge in [-0.1, -0.05) is 18.2 Å². The largest absolute Gasteiger partial charge is 0.470 e. The van der Waals surface area contributed by atoms with Crippen LogP contribution in [0, 0.1) is 11.6 Å². The molecule has 4 nitrogen and oxygen atoms in total. The first-order valence-corrected chi connectivity index (χ1v) is 9.53. The zero-order valence-corrected chi connectivity index (χ0v) is 15.5. The molecule has 2 aliphatic rings. The van der Waals surface area contributed by atoms with Crippen LogP contribution < -0.4 is 10.1 Å². The van der Waals surface area contributed by atoms with Crippen molar-refractivity contribution in [1.29, 1.82) is 0 Å². The molecule has 1 N–H and O–H groups in total. The highest BCUT2D eigenvalue weighted by Gasteiger charge is 2.25. The summed E-state index contributed by atoms with van der Waals surface area (Å²) >= 11 is 0.